The second-order valence-electron chi connectivity index (χ2n) is 9.24. The molecule has 1 amide bonds. The number of pyridine rings is 1. The first-order valence-corrected chi connectivity index (χ1v) is 13.1. The predicted molar refractivity (Wildman–Crippen MR) is 149 cm³/mol. The number of benzene rings is 1. The van der Waals surface area contributed by atoms with Crippen LogP contribution in [-0.2, 0) is 4.79 Å². The number of hydrogen-bond donors (Lipinski definition) is 1. The molecule has 1 N–H and O–H groups in total. The molecule has 12 heteroatoms. The van der Waals surface area contributed by atoms with Gasteiger partial charge in [-0.15, -0.1) is 0 Å². The van der Waals surface area contributed by atoms with Gasteiger partial charge in [-0.2, -0.15) is 0 Å². The van der Waals surface area contributed by atoms with Gasteiger partial charge in [0.25, 0.3) is 0 Å². The number of piperazine rings is 1. The highest BCUT2D eigenvalue weighted by atomic mass is 35.5. The van der Waals surface area contributed by atoms with Gasteiger partial charge in [-0.05, 0) is 12.1 Å². The molecule has 3 aromatic heterocycles. The summed E-state index contributed by atoms with van der Waals surface area (Å²) >= 11 is 12.7. The lowest BCUT2D eigenvalue weighted by Gasteiger charge is -2.36. The van der Waals surface area contributed by atoms with Crippen LogP contribution in [0.15, 0.2) is 49.2 Å². The van der Waals surface area contributed by atoms with Gasteiger partial charge in [0.1, 0.15) is 23.9 Å². The Kier molecular flexibility index (Phi) is 6.59. The summed E-state index contributed by atoms with van der Waals surface area (Å²) in [6, 6.07) is 6.07. The summed E-state index contributed by atoms with van der Waals surface area (Å²) < 4.78 is 7.82. The van der Waals surface area contributed by atoms with Crippen LogP contribution in [0.4, 0.5) is 17.2 Å². The number of aromatic nitrogens is 4. The molecule has 196 valence electrons. The largest absolute Gasteiger partial charge is 0.490 e. The molecule has 2 aliphatic heterocycles. The van der Waals surface area contributed by atoms with Gasteiger partial charge in [-0.1, -0.05) is 29.3 Å². The van der Waals surface area contributed by atoms with Crippen LogP contribution in [-0.4, -0.2) is 83.1 Å². The summed E-state index contributed by atoms with van der Waals surface area (Å²) in [7, 11) is 2.05. The molecule has 0 atom stereocenters. The van der Waals surface area contributed by atoms with Crippen molar-refractivity contribution in [2.75, 3.05) is 68.0 Å². The van der Waals surface area contributed by atoms with Crippen LogP contribution < -0.4 is 19.9 Å². The molecule has 0 aliphatic carbocycles. The fourth-order valence-corrected chi connectivity index (χ4v) is 5.54. The third-order valence-corrected chi connectivity index (χ3v) is 7.50. The van der Waals surface area contributed by atoms with Crippen LogP contribution in [0.5, 0.6) is 5.75 Å². The Hall–Kier alpha value is -3.76. The van der Waals surface area contributed by atoms with Crippen molar-refractivity contribution in [3.05, 3.63) is 59.2 Å². The van der Waals surface area contributed by atoms with E-state index in [-0.39, 0.29) is 12.5 Å². The second kappa shape index (κ2) is 10.2. The topological polar surface area (TPSA) is 91.1 Å². The van der Waals surface area contributed by atoms with Crippen LogP contribution >= 0.6 is 23.2 Å². The van der Waals surface area contributed by atoms with Crippen molar-refractivity contribution in [2.45, 2.75) is 0 Å². The number of anilines is 3. The average molecular weight is 553 g/mol. The number of halogens is 2. The molecule has 5 heterocycles. The summed E-state index contributed by atoms with van der Waals surface area (Å²) in [5.41, 5.74) is 4.13. The quantitative estimate of drug-likeness (QED) is 0.401. The maximum atomic E-state index is 13.2. The third kappa shape index (κ3) is 4.54. The van der Waals surface area contributed by atoms with Gasteiger partial charge in [-0.3, -0.25) is 19.2 Å². The van der Waals surface area contributed by atoms with Gasteiger partial charge < -0.3 is 24.8 Å². The Balaban J connectivity index is 1.19. The highest BCUT2D eigenvalue weighted by Gasteiger charge is 2.25. The fraction of sp³-hybridized carbons (Fsp3) is 0.308. The second-order valence-corrected chi connectivity index (χ2v) is 10.1. The van der Waals surface area contributed by atoms with Crippen molar-refractivity contribution < 1.29 is 9.53 Å². The van der Waals surface area contributed by atoms with Crippen LogP contribution in [0.3, 0.4) is 0 Å². The van der Waals surface area contributed by atoms with Crippen molar-refractivity contribution in [1.82, 2.24) is 24.3 Å². The van der Waals surface area contributed by atoms with Gasteiger partial charge in [0.15, 0.2) is 5.65 Å². The number of amides is 1. The van der Waals surface area contributed by atoms with E-state index in [1.807, 2.05) is 33.7 Å². The standard InChI is InChI=1S/C26H26Cl2N8O2/c1-33-10-11-38-21-12-17(2-3-20(21)33)24-26(36-5-4-29-15-22(36)32-24)31-16-23(37)34-6-8-35(9-7-34)25-18(27)13-30-14-19(25)28/h2-5,12-15,31H,6-11,16H2,1H3. The monoisotopic (exact) mass is 552 g/mol. The maximum absolute atomic E-state index is 13.2. The molecule has 1 aromatic carbocycles. The summed E-state index contributed by atoms with van der Waals surface area (Å²) in [5.74, 6) is 1.55. The number of ether oxygens (including phenoxy) is 1. The van der Waals surface area contributed by atoms with E-state index >= 15 is 0 Å². The molecule has 4 aromatic rings. The molecule has 0 radical (unpaired) electrons. The van der Waals surface area contributed by atoms with Crippen molar-refractivity contribution in [3.8, 4) is 17.0 Å². The number of carbonyl (C=O) groups excluding carboxylic acids is 1. The Morgan fingerprint density at radius 3 is 2.63 bits per heavy atom. The van der Waals surface area contributed by atoms with E-state index in [4.69, 9.17) is 32.9 Å². The van der Waals surface area contributed by atoms with Crippen molar-refractivity contribution >= 4 is 51.9 Å². The Morgan fingerprint density at radius 1 is 1.05 bits per heavy atom. The minimum atomic E-state index is 0.00178. The highest BCUT2D eigenvalue weighted by molar-refractivity contribution is 6.38. The molecule has 1 fully saturated rings. The average Bonchev–Trinajstić information content (AvgIpc) is 3.30. The van der Waals surface area contributed by atoms with Crippen LogP contribution in [0.1, 0.15) is 0 Å². The third-order valence-electron chi connectivity index (χ3n) is 6.94. The zero-order chi connectivity index (χ0) is 26.2. The van der Waals surface area contributed by atoms with E-state index in [0.29, 0.717) is 48.5 Å². The maximum Gasteiger partial charge on any atom is 0.242 e. The van der Waals surface area contributed by atoms with E-state index in [2.05, 4.69) is 32.1 Å². The van der Waals surface area contributed by atoms with Gasteiger partial charge in [-0.25, -0.2) is 4.98 Å². The Labute approximate surface area is 229 Å². The van der Waals surface area contributed by atoms with Gasteiger partial charge in [0, 0.05) is 63.6 Å². The summed E-state index contributed by atoms with van der Waals surface area (Å²) in [6.45, 7) is 4.00. The molecule has 2 aliphatic rings. The first kappa shape index (κ1) is 24.6. The number of fused-ring (bicyclic) bond motifs is 2. The van der Waals surface area contributed by atoms with Gasteiger partial charge >= 0.3 is 0 Å². The molecular formula is C26H26Cl2N8O2. The Morgan fingerprint density at radius 2 is 1.84 bits per heavy atom. The van der Waals surface area contributed by atoms with Gasteiger partial charge in [0.05, 0.1) is 40.7 Å². The number of likely N-dealkylation sites (N-methyl/N-ethyl adjacent to an activating group) is 1. The smallest absolute Gasteiger partial charge is 0.242 e. The van der Waals surface area contributed by atoms with Crippen molar-refractivity contribution in [2.24, 2.45) is 0 Å². The van der Waals surface area contributed by atoms with Crippen molar-refractivity contribution in [3.63, 3.8) is 0 Å². The first-order valence-electron chi connectivity index (χ1n) is 12.4. The fourth-order valence-electron chi connectivity index (χ4n) is 4.94. The van der Waals surface area contributed by atoms with Crippen LogP contribution in [0.25, 0.3) is 16.9 Å². The zero-order valence-corrected chi connectivity index (χ0v) is 22.3. The van der Waals surface area contributed by atoms with Crippen LogP contribution in [0.2, 0.25) is 10.0 Å². The molecule has 10 nitrogen and oxygen atoms in total. The molecule has 6 rings (SSSR count). The summed E-state index contributed by atoms with van der Waals surface area (Å²) in [6.07, 6.45) is 8.40. The summed E-state index contributed by atoms with van der Waals surface area (Å²) in [5, 5.41) is 4.36. The molecular weight excluding hydrogens is 527 g/mol. The molecule has 1 saturated heterocycles. The molecule has 0 bridgehead atoms. The van der Waals surface area contributed by atoms with E-state index in [1.165, 1.54) is 0 Å². The summed E-state index contributed by atoms with van der Waals surface area (Å²) in [4.78, 5) is 32.3. The lowest BCUT2D eigenvalue weighted by atomic mass is 10.1. The van der Waals surface area contributed by atoms with E-state index in [0.717, 1.165) is 40.7 Å². The molecule has 0 spiro atoms. The number of hydrogen-bond acceptors (Lipinski definition) is 8. The van der Waals surface area contributed by atoms with Gasteiger partial charge in [0.2, 0.25) is 5.91 Å². The van der Waals surface area contributed by atoms with E-state index in [1.54, 1.807) is 24.8 Å². The normalized spacial score (nSPS) is 15.4. The number of imidazole rings is 1. The SMILES string of the molecule is CN1CCOc2cc(-c3nc4cnccn4c3NCC(=O)N3CCN(c4c(Cl)cncc4Cl)CC3)ccc21. The lowest BCUT2D eigenvalue weighted by molar-refractivity contribution is -0.129. The molecule has 0 saturated carbocycles. The number of rotatable bonds is 5. The van der Waals surface area contributed by atoms with E-state index in [9.17, 15) is 4.79 Å². The molecule has 0 unspecified atom stereocenters. The predicted octanol–water partition coefficient (Wildman–Crippen LogP) is 3.69. The number of nitrogens with zero attached hydrogens (tertiary/aromatic N) is 7. The van der Waals surface area contributed by atoms with E-state index < -0.39 is 0 Å². The minimum absolute atomic E-state index is 0.00178. The Bertz CT molecular complexity index is 1480. The molecule has 38 heavy (non-hydrogen) atoms. The highest BCUT2D eigenvalue weighted by Crippen LogP contribution is 2.37. The first-order chi connectivity index (χ1) is 18.5. The van der Waals surface area contributed by atoms with Crippen molar-refractivity contribution in [1.29, 1.82) is 0 Å². The zero-order valence-electron chi connectivity index (χ0n) is 20.8. The number of carbonyl (C=O) groups is 1. The minimum Gasteiger partial charge on any atom is -0.490 e. The van der Waals surface area contributed by atoms with Crippen LogP contribution in [0, 0.1) is 0 Å². The number of nitrogens with one attached hydrogen (secondary N) is 1. The lowest BCUT2D eigenvalue weighted by Crippen LogP contribution is -2.50.